The van der Waals surface area contributed by atoms with Crippen LogP contribution in [0.4, 0.5) is 0 Å². The Bertz CT molecular complexity index is 609. The lowest BCUT2D eigenvalue weighted by atomic mass is 10.2. The van der Waals surface area contributed by atoms with Crippen LogP contribution in [0, 0.1) is 6.92 Å². The third kappa shape index (κ3) is 2.64. The van der Waals surface area contributed by atoms with E-state index < -0.39 is 0 Å². The van der Waals surface area contributed by atoms with Crippen LogP contribution in [0.15, 0.2) is 32.7 Å². The van der Waals surface area contributed by atoms with E-state index in [0.29, 0.717) is 5.56 Å². The van der Waals surface area contributed by atoms with E-state index in [1.54, 1.807) is 6.92 Å². The summed E-state index contributed by atoms with van der Waals surface area (Å²) >= 11 is 4.93. The topological polar surface area (TPSA) is 47.8 Å². The molecule has 0 saturated heterocycles. The smallest absolute Gasteiger partial charge is 0.195 e. The third-order valence-electron chi connectivity index (χ3n) is 2.58. The molecular weight excluding hydrogens is 314 g/mol. The van der Waals surface area contributed by atoms with Gasteiger partial charge >= 0.3 is 0 Å². The monoisotopic (exact) mass is 325 g/mol. The Balaban J connectivity index is 2.28. The fourth-order valence-corrected chi connectivity index (χ4v) is 3.11. The number of nitrogens with zero attached hydrogens (tertiary/aromatic N) is 3. The van der Waals surface area contributed by atoms with Crippen LogP contribution < -0.4 is 0 Å². The van der Waals surface area contributed by atoms with E-state index in [2.05, 4.69) is 26.1 Å². The van der Waals surface area contributed by atoms with Gasteiger partial charge in [-0.05, 0) is 43.8 Å². The molecule has 0 radical (unpaired) electrons. The van der Waals surface area contributed by atoms with Crippen molar-refractivity contribution in [1.82, 2.24) is 14.8 Å². The summed E-state index contributed by atoms with van der Waals surface area (Å²) in [4.78, 5) is 12.3. The highest BCUT2D eigenvalue weighted by atomic mass is 79.9. The molecule has 0 amide bonds. The lowest BCUT2D eigenvalue weighted by Gasteiger charge is -2.04. The van der Waals surface area contributed by atoms with Crippen molar-refractivity contribution in [3.8, 4) is 0 Å². The molecule has 6 heteroatoms. The highest BCUT2D eigenvalue weighted by molar-refractivity contribution is 9.10. The van der Waals surface area contributed by atoms with Gasteiger partial charge in [-0.3, -0.25) is 4.79 Å². The second-order valence-corrected chi connectivity index (χ2v) is 5.78. The van der Waals surface area contributed by atoms with Gasteiger partial charge in [-0.15, -0.1) is 10.2 Å². The van der Waals surface area contributed by atoms with E-state index in [0.717, 1.165) is 20.3 Å². The Labute approximate surface area is 118 Å². The van der Waals surface area contributed by atoms with Crippen molar-refractivity contribution in [3.05, 3.63) is 34.1 Å². The number of carbonyl (C=O) groups is 1. The third-order valence-corrected chi connectivity index (χ3v) is 4.27. The molecule has 0 fully saturated rings. The van der Waals surface area contributed by atoms with Gasteiger partial charge in [0.2, 0.25) is 0 Å². The number of carbonyl (C=O) groups excluding carboxylic acids is 1. The molecule has 0 atom stereocenters. The molecule has 0 bridgehead atoms. The van der Waals surface area contributed by atoms with E-state index in [1.807, 2.05) is 36.7 Å². The number of aromatic nitrogens is 3. The average Bonchev–Trinajstić information content (AvgIpc) is 2.61. The summed E-state index contributed by atoms with van der Waals surface area (Å²) < 4.78 is 2.73. The Morgan fingerprint density at radius 3 is 2.61 bits per heavy atom. The summed E-state index contributed by atoms with van der Waals surface area (Å²) in [6, 6.07) is 5.65. The van der Waals surface area contributed by atoms with Gasteiger partial charge in [-0.2, -0.15) is 0 Å². The average molecular weight is 326 g/mol. The molecule has 0 spiro atoms. The van der Waals surface area contributed by atoms with Gasteiger partial charge in [0.25, 0.3) is 0 Å². The van der Waals surface area contributed by atoms with Crippen molar-refractivity contribution in [2.24, 2.45) is 7.05 Å². The molecule has 2 aromatic rings. The highest BCUT2D eigenvalue weighted by Crippen LogP contribution is 2.30. The second-order valence-electron chi connectivity index (χ2n) is 3.89. The maximum absolute atomic E-state index is 11.3. The van der Waals surface area contributed by atoms with Gasteiger partial charge in [0.15, 0.2) is 10.9 Å². The number of hydrogen-bond donors (Lipinski definition) is 0. The zero-order valence-electron chi connectivity index (χ0n) is 10.3. The van der Waals surface area contributed by atoms with E-state index in [4.69, 9.17) is 0 Å². The van der Waals surface area contributed by atoms with Crippen LogP contribution in [0.5, 0.6) is 0 Å². The molecule has 1 aromatic carbocycles. The molecule has 0 saturated carbocycles. The van der Waals surface area contributed by atoms with Crippen LogP contribution in [-0.4, -0.2) is 20.5 Å². The van der Waals surface area contributed by atoms with Crippen LogP contribution >= 0.6 is 27.7 Å². The summed E-state index contributed by atoms with van der Waals surface area (Å²) in [5.41, 5.74) is 0.688. The molecule has 2 rings (SSSR count). The molecule has 0 aliphatic carbocycles. The molecule has 0 unspecified atom stereocenters. The first kappa shape index (κ1) is 13.3. The van der Waals surface area contributed by atoms with E-state index >= 15 is 0 Å². The quantitative estimate of drug-likeness (QED) is 0.813. The van der Waals surface area contributed by atoms with Crippen molar-refractivity contribution in [2.75, 3.05) is 0 Å². The number of halogens is 1. The summed E-state index contributed by atoms with van der Waals surface area (Å²) in [5.74, 6) is 0.921. The number of benzene rings is 1. The van der Waals surface area contributed by atoms with Crippen LogP contribution in [0.1, 0.15) is 23.1 Å². The van der Waals surface area contributed by atoms with Crippen LogP contribution in [0.3, 0.4) is 0 Å². The van der Waals surface area contributed by atoms with Gasteiger partial charge < -0.3 is 4.57 Å². The maximum atomic E-state index is 11.3. The molecule has 0 aliphatic heterocycles. The Morgan fingerprint density at radius 1 is 1.39 bits per heavy atom. The van der Waals surface area contributed by atoms with Crippen LogP contribution in [-0.2, 0) is 7.05 Å². The van der Waals surface area contributed by atoms with Crippen LogP contribution in [0.25, 0.3) is 0 Å². The first-order chi connectivity index (χ1) is 8.49. The molecule has 1 aromatic heterocycles. The van der Waals surface area contributed by atoms with Crippen molar-refractivity contribution < 1.29 is 4.79 Å². The molecule has 0 aliphatic rings. The largest absolute Gasteiger partial charge is 0.309 e. The normalized spacial score (nSPS) is 10.7. The van der Waals surface area contributed by atoms with E-state index in [-0.39, 0.29) is 5.78 Å². The number of hydrogen-bond acceptors (Lipinski definition) is 4. The van der Waals surface area contributed by atoms with Crippen LogP contribution in [0.2, 0.25) is 0 Å². The highest BCUT2D eigenvalue weighted by Gasteiger charge is 2.10. The minimum Gasteiger partial charge on any atom is -0.309 e. The molecular formula is C12H12BrN3OS. The Kier molecular flexibility index (Phi) is 3.87. The number of aryl methyl sites for hydroxylation is 1. The fourth-order valence-electron chi connectivity index (χ4n) is 1.43. The van der Waals surface area contributed by atoms with Crippen molar-refractivity contribution in [2.45, 2.75) is 23.9 Å². The van der Waals surface area contributed by atoms with Crippen molar-refractivity contribution in [3.63, 3.8) is 0 Å². The first-order valence-corrected chi connectivity index (χ1v) is 6.94. The molecule has 18 heavy (non-hydrogen) atoms. The predicted molar refractivity (Wildman–Crippen MR) is 74.0 cm³/mol. The zero-order chi connectivity index (χ0) is 13.3. The number of Topliss-reactive ketones (excluding diaryl/α,β-unsaturated/α-hetero) is 1. The van der Waals surface area contributed by atoms with Gasteiger partial charge in [0.05, 0.1) is 0 Å². The van der Waals surface area contributed by atoms with Gasteiger partial charge in [0.1, 0.15) is 5.82 Å². The van der Waals surface area contributed by atoms with Gasteiger partial charge in [0, 0.05) is 22.0 Å². The molecule has 94 valence electrons. The standard InChI is InChI=1S/C12H12BrN3OS/c1-7(17)10-5-4-9(6-11(10)13)18-12-15-14-8(2)16(12)3/h4-6H,1-3H3. The lowest BCUT2D eigenvalue weighted by molar-refractivity contribution is 0.101. The Hall–Kier alpha value is -1.14. The summed E-state index contributed by atoms with van der Waals surface area (Å²) in [6.45, 7) is 3.46. The summed E-state index contributed by atoms with van der Waals surface area (Å²) in [5, 5.41) is 8.93. The van der Waals surface area contributed by atoms with Gasteiger partial charge in [-0.1, -0.05) is 15.9 Å². The lowest BCUT2D eigenvalue weighted by Crippen LogP contribution is -1.95. The number of rotatable bonds is 3. The summed E-state index contributed by atoms with van der Waals surface area (Å²) in [7, 11) is 1.93. The first-order valence-electron chi connectivity index (χ1n) is 5.33. The SMILES string of the molecule is CC(=O)c1ccc(Sc2nnc(C)n2C)cc1Br. The minimum atomic E-state index is 0.0490. The number of ketones is 1. The molecule has 1 heterocycles. The zero-order valence-corrected chi connectivity index (χ0v) is 12.7. The van der Waals surface area contributed by atoms with Gasteiger partial charge in [-0.25, -0.2) is 0 Å². The van der Waals surface area contributed by atoms with E-state index in [1.165, 1.54) is 11.8 Å². The van der Waals surface area contributed by atoms with Crippen molar-refractivity contribution in [1.29, 1.82) is 0 Å². The summed E-state index contributed by atoms with van der Waals surface area (Å²) in [6.07, 6.45) is 0. The minimum absolute atomic E-state index is 0.0490. The van der Waals surface area contributed by atoms with Crippen molar-refractivity contribution >= 4 is 33.5 Å². The molecule has 0 N–H and O–H groups in total. The Morgan fingerprint density at radius 2 is 2.11 bits per heavy atom. The maximum Gasteiger partial charge on any atom is 0.195 e. The van der Waals surface area contributed by atoms with E-state index in [9.17, 15) is 4.79 Å². The molecule has 4 nitrogen and oxygen atoms in total. The fraction of sp³-hybridized carbons (Fsp3) is 0.250. The second kappa shape index (κ2) is 5.24. The predicted octanol–water partition coefficient (Wildman–Crippen LogP) is 3.24.